The fourth-order valence-electron chi connectivity index (χ4n) is 2.28. The average molecular weight is 335 g/mol. The van der Waals surface area contributed by atoms with Crippen molar-refractivity contribution in [3.05, 3.63) is 59.1 Å². The third-order valence-corrected chi connectivity index (χ3v) is 3.52. The number of nitrogens with two attached hydrogens (primary N) is 1. The van der Waals surface area contributed by atoms with Crippen molar-refractivity contribution in [3.63, 3.8) is 0 Å². The minimum Gasteiger partial charge on any atom is -0.496 e. The van der Waals surface area contributed by atoms with E-state index in [1.54, 1.807) is 36.4 Å². The molecule has 0 spiro atoms. The second kappa shape index (κ2) is 7.02. The quantitative estimate of drug-likeness (QED) is 0.878. The maximum absolute atomic E-state index is 11.9. The number of nitrogens with zero attached hydrogens (tertiary/aromatic N) is 1. The van der Waals surface area contributed by atoms with E-state index in [0.717, 1.165) is 4.90 Å². The van der Waals surface area contributed by atoms with Gasteiger partial charge in [0.15, 0.2) is 6.04 Å². The lowest BCUT2D eigenvalue weighted by molar-refractivity contribution is -0.138. The summed E-state index contributed by atoms with van der Waals surface area (Å²) in [6.45, 7) is 0. The largest absolute Gasteiger partial charge is 0.496 e. The summed E-state index contributed by atoms with van der Waals surface area (Å²) in [6, 6.07) is 10.5. The van der Waals surface area contributed by atoms with Gasteiger partial charge in [-0.25, -0.2) is 9.59 Å². The molecule has 0 aliphatic carbocycles. The Morgan fingerprint density at radius 2 is 1.78 bits per heavy atom. The molecule has 0 aliphatic rings. The minimum absolute atomic E-state index is 0.316. The predicted molar refractivity (Wildman–Crippen MR) is 86.9 cm³/mol. The number of aliphatic carboxylic acids is 1. The highest BCUT2D eigenvalue weighted by Gasteiger charge is 2.33. The number of urea groups is 1. The first-order valence-electron chi connectivity index (χ1n) is 6.65. The van der Waals surface area contributed by atoms with Crippen molar-refractivity contribution in [1.29, 1.82) is 0 Å². The monoisotopic (exact) mass is 334 g/mol. The molecule has 0 heterocycles. The van der Waals surface area contributed by atoms with E-state index >= 15 is 0 Å². The summed E-state index contributed by atoms with van der Waals surface area (Å²) in [6.07, 6.45) is 0. The molecule has 0 saturated carbocycles. The second-order valence-electron chi connectivity index (χ2n) is 4.67. The third kappa shape index (κ3) is 3.54. The van der Waals surface area contributed by atoms with Crippen LogP contribution in [0, 0.1) is 0 Å². The lowest BCUT2D eigenvalue weighted by Gasteiger charge is -2.28. The van der Waals surface area contributed by atoms with Gasteiger partial charge in [0.05, 0.1) is 7.11 Å². The Balaban J connectivity index is 2.58. The molecule has 7 heteroatoms. The molecule has 6 nitrogen and oxygen atoms in total. The summed E-state index contributed by atoms with van der Waals surface area (Å²) >= 11 is 5.83. The van der Waals surface area contributed by atoms with Crippen LogP contribution < -0.4 is 15.4 Å². The number of anilines is 1. The van der Waals surface area contributed by atoms with Gasteiger partial charge >= 0.3 is 12.0 Å². The molecule has 1 unspecified atom stereocenters. The number of para-hydroxylation sites is 1. The summed E-state index contributed by atoms with van der Waals surface area (Å²) in [4.78, 5) is 24.7. The number of halogens is 1. The van der Waals surface area contributed by atoms with Crippen molar-refractivity contribution in [2.75, 3.05) is 12.0 Å². The third-order valence-electron chi connectivity index (χ3n) is 3.27. The number of carbonyl (C=O) groups excluding carboxylic acids is 1. The summed E-state index contributed by atoms with van der Waals surface area (Å²) in [7, 11) is 1.43. The molecule has 0 bridgehead atoms. The van der Waals surface area contributed by atoms with Crippen LogP contribution in [0.3, 0.4) is 0 Å². The van der Waals surface area contributed by atoms with E-state index in [2.05, 4.69) is 0 Å². The number of methoxy groups -OCH3 is 1. The average Bonchev–Trinajstić information content (AvgIpc) is 2.53. The Hall–Kier alpha value is -2.73. The molecule has 23 heavy (non-hydrogen) atoms. The number of rotatable bonds is 5. The van der Waals surface area contributed by atoms with Crippen molar-refractivity contribution >= 4 is 29.3 Å². The fourth-order valence-corrected chi connectivity index (χ4v) is 2.41. The van der Waals surface area contributed by atoms with Crippen molar-refractivity contribution in [2.24, 2.45) is 5.73 Å². The van der Waals surface area contributed by atoms with Crippen molar-refractivity contribution < 1.29 is 19.4 Å². The lowest BCUT2D eigenvalue weighted by Crippen LogP contribution is -2.42. The van der Waals surface area contributed by atoms with Gasteiger partial charge in [-0.05, 0) is 30.3 Å². The molecule has 2 aromatic rings. The van der Waals surface area contributed by atoms with Crippen molar-refractivity contribution in [2.45, 2.75) is 6.04 Å². The first-order chi connectivity index (χ1) is 11.0. The van der Waals surface area contributed by atoms with Crippen LogP contribution in [0.15, 0.2) is 48.5 Å². The summed E-state index contributed by atoms with van der Waals surface area (Å²) < 4.78 is 5.20. The molecule has 3 N–H and O–H groups in total. The number of amides is 2. The van der Waals surface area contributed by atoms with E-state index in [0.29, 0.717) is 22.0 Å². The Kier molecular flexibility index (Phi) is 5.08. The van der Waals surface area contributed by atoms with Crippen LogP contribution in [0.5, 0.6) is 5.75 Å². The van der Waals surface area contributed by atoms with E-state index < -0.39 is 18.0 Å². The molecule has 2 amide bonds. The van der Waals surface area contributed by atoms with Crippen LogP contribution in [-0.2, 0) is 4.79 Å². The van der Waals surface area contributed by atoms with Gasteiger partial charge < -0.3 is 15.6 Å². The van der Waals surface area contributed by atoms with E-state index in [4.69, 9.17) is 22.1 Å². The molecular weight excluding hydrogens is 320 g/mol. The number of primary amides is 1. The summed E-state index contributed by atoms with van der Waals surface area (Å²) in [5.74, 6) is -0.886. The maximum atomic E-state index is 11.9. The van der Waals surface area contributed by atoms with Crippen LogP contribution >= 0.6 is 11.6 Å². The second-order valence-corrected chi connectivity index (χ2v) is 5.10. The first-order valence-corrected chi connectivity index (χ1v) is 7.03. The molecule has 0 aliphatic heterocycles. The Morgan fingerprint density at radius 3 is 2.30 bits per heavy atom. The first kappa shape index (κ1) is 16.6. The Bertz CT molecular complexity index is 718. The number of benzene rings is 2. The molecule has 0 radical (unpaired) electrons. The summed E-state index contributed by atoms with van der Waals surface area (Å²) in [5.41, 5.74) is 6.06. The van der Waals surface area contributed by atoms with Gasteiger partial charge in [0.2, 0.25) is 0 Å². The molecule has 120 valence electrons. The van der Waals surface area contributed by atoms with Crippen LogP contribution in [0.4, 0.5) is 10.5 Å². The number of hydrogen-bond acceptors (Lipinski definition) is 3. The highest BCUT2D eigenvalue weighted by molar-refractivity contribution is 6.30. The fraction of sp³-hybridized carbons (Fsp3) is 0.125. The molecule has 0 saturated heterocycles. The van der Waals surface area contributed by atoms with Crippen LogP contribution in [0.1, 0.15) is 11.6 Å². The van der Waals surface area contributed by atoms with Gasteiger partial charge in [0, 0.05) is 16.3 Å². The van der Waals surface area contributed by atoms with Gasteiger partial charge in [-0.15, -0.1) is 0 Å². The zero-order valence-corrected chi connectivity index (χ0v) is 13.0. The molecule has 0 fully saturated rings. The van der Waals surface area contributed by atoms with Gasteiger partial charge in [-0.2, -0.15) is 0 Å². The standard InChI is InChI=1S/C16H15ClN2O4/c1-23-13-5-3-2-4-12(13)14(15(20)21)19(16(18)22)11-8-6-10(17)7-9-11/h2-9,14H,1H3,(H2,18,22)(H,20,21). The minimum atomic E-state index is -1.33. The Labute approximate surface area is 138 Å². The topological polar surface area (TPSA) is 92.9 Å². The van der Waals surface area contributed by atoms with Gasteiger partial charge in [-0.1, -0.05) is 29.8 Å². The van der Waals surface area contributed by atoms with E-state index in [-0.39, 0.29) is 0 Å². The smallest absolute Gasteiger partial charge is 0.331 e. The zero-order valence-electron chi connectivity index (χ0n) is 12.3. The van der Waals surface area contributed by atoms with Crippen LogP contribution in [0.25, 0.3) is 0 Å². The maximum Gasteiger partial charge on any atom is 0.331 e. The highest BCUT2D eigenvalue weighted by atomic mass is 35.5. The molecule has 2 aromatic carbocycles. The predicted octanol–water partition coefficient (Wildman–Crippen LogP) is 3.06. The number of carboxylic acid groups (broad SMARTS) is 1. The Morgan fingerprint density at radius 1 is 1.17 bits per heavy atom. The molecular formula is C16H15ClN2O4. The van der Waals surface area contributed by atoms with Crippen LogP contribution in [0.2, 0.25) is 5.02 Å². The zero-order chi connectivity index (χ0) is 17.0. The van der Waals surface area contributed by atoms with Crippen molar-refractivity contribution in [3.8, 4) is 5.75 Å². The number of hydrogen-bond donors (Lipinski definition) is 2. The van der Waals surface area contributed by atoms with Crippen molar-refractivity contribution in [1.82, 2.24) is 0 Å². The van der Waals surface area contributed by atoms with E-state index in [1.807, 2.05) is 0 Å². The molecule has 0 aromatic heterocycles. The summed E-state index contributed by atoms with van der Waals surface area (Å²) in [5, 5.41) is 10.1. The van der Waals surface area contributed by atoms with E-state index in [9.17, 15) is 14.7 Å². The van der Waals surface area contributed by atoms with Crippen LogP contribution in [-0.4, -0.2) is 24.2 Å². The lowest BCUT2D eigenvalue weighted by atomic mass is 10.0. The van der Waals surface area contributed by atoms with E-state index in [1.165, 1.54) is 19.2 Å². The number of carbonyl (C=O) groups is 2. The highest BCUT2D eigenvalue weighted by Crippen LogP contribution is 2.33. The molecule has 1 atom stereocenters. The van der Waals surface area contributed by atoms with Gasteiger partial charge in [0.1, 0.15) is 5.75 Å². The van der Waals surface area contributed by atoms with Gasteiger partial charge in [-0.3, -0.25) is 4.90 Å². The molecule has 2 rings (SSSR count). The van der Waals surface area contributed by atoms with Gasteiger partial charge in [0.25, 0.3) is 0 Å². The number of ether oxygens (including phenoxy) is 1. The SMILES string of the molecule is COc1ccccc1C(C(=O)O)N(C(N)=O)c1ccc(Cl)cc1. The normalized spacial score (nSPS) is 11.6. The number of carboxylic acids is 1.